The van der Waals surface area contributed by atoms with E-state index in [1.807, 2.05) is 18.2 Å². The van der Waals surface area contributed by atoms with Crippen molar-refractivity contribution in [2.75, 3.05) is 7.11 Å². The molecule has 1 amide bonds. The molecule has 0 fully saturated rings. The van der Waals surface area contributed by atoms with Crippen LogP contribution in [0.25, 0.3) is 32.9 Å². The van der Waals surface area contributed by atoms with Crippen molar-refractivity contribution in [2.24, 2.45) is 5.73 Å². The van der Waals surface area contributed by atoms with Gasteiger partial charge in [0.05, 0.1) is 18.1 Å². The van der Waals surface area contributed by atoms with E-state index in [4.69, 9.17) is 10.5 Å². The molecule has 0 radical (unpaired) electrons. The number of primary amides is 1. The maximum Gasteiger partial charge on any atom is 0.249 e. The highest BCUT2D eigenvalue weighted by molar-refractivity contribution is 6.18. The van der Waals surface area contributed by atoms with Crippen LogP contribution in [-0.2, 0) is 6.54 Å². The number of ether oxygens (including phenoxy) is 1. The third kappa shape index (κ3) is 3.40. The van der Waals surface area contributed by atoms with Gasteiger partial charge < -0.3 is 15.0 Å². The summed E-state index contributed by atoms with van der Waals surface area (Å²) in [6.45, 7) is 2.80. The first-order valence-electron chi connectivity index (χ1n) is 10.6. The van der Waals surface area contributed by atoms with Gasteiger partial charge in [0.15, 0.2) is 0 Å². The number of aryl methyl sites for hydroxylation is 1. The monoisotopic (exact) mass is 420 g/mol. The summed E-state index contributed by atoms with van der Waals surface area (Å²) >= 11 is 0. The zero-order valence-corrected chi connectivity index (χ0v) is 18.1. The molecule has 32 heavy (non-hydrogen) atoms. The summed E-state index contributed by atoms with van der Waals surface area (Å²) in [6, 6.07) is 28.7. The van der Waals surface area contributed by atoms with Crippen LogP contribution >= 0.6 is 0 Å². The molecule has 0 atom stereocenters. The Morgan fingerprint density at radius 1 is 0.875 bits per heavy atom. The number of hydrogen-bond donors (Lipinski definition) is 1. The summed E-state index contributed by atoms with van der Waals surface area (Å²) in [5.74, 6) is 0.416. The van der Waals surface area contributed by atoms with Gasteiger partial charge in [0, 0.05) is 22.9 Å². The molecular formula is C28H24N2O2. The maximum absolute atomic E-state index is 12.2. The quantitative estimate of drug-likeness (QED) is 0.383. The number of fused-ring (bicyclic) bond motifs is 3. The highest BCUT2D eigenvalue weighted by Gasteiger charge is 2.17. The molecule has 1 aromatic heterocycles. The fraction of sp³-hybridized carbons (Fsp3) is 0.107. The van der Waals surface area contributed by atoms with E-state index in [1.54, 1.807) is 13.2 Å². The molecule has 0 saturated heterocycles. The van der Waals surface area contributed by atoms with Crippen LogP contribution in [-0.4, -0.2) is 17.6 Å². The molecule has 0 spiro atoms. The Labute approximate surface area is 186 Å². The molecule has 0 bridgehead atoms. The average molecular weight is 421 g/mol. The molecule has 4 aromatic carbocycles. The molecule has 5 aromatic rings. The normalized spacial score (nSPS) is 11.2. The summed E-state index contributed by atoms with van der Waals surface area (Å²) in [5.41, 5.74) is 13.0. The van der Waals surface area contributed by atoms with E-state index in [-0.39, 0.29) is 0 Å². The SMILES string of the molecule is COc1ccc(-c2ccc3c4c(C(N)=O)cccc4n(Cc4cccc(C)c4)c3c2)cc1. The van der Waals surface area contributed by atoms with Gasteiger partial charge in [0.25, 0.3) is 0 Å². The van der Waals surface area contributed by atoms with E-state index < -0.39 is 5.91 Å². The van der Waals surface area contributed by atoms with E-state index in [0.29, 0.717) is 12.1 Å². The van der Waals surface area contributed by atoms with Gasteiger partial charge >= 0.3 is 0 Å². The van der Waals surface area contributed by atoms with Crippen molar-refractivity contribution in [2.45, 2.75) is 13.5 Å². The smallest absolute Gasteiger partial charge is 0.249 e. The number of carbonyl (C=O) groups excluding carboxylic acids is 1. The molecule has 0 aliphatic heterocycles. The van der Waals surface area contributed by atoms with Gasteiger partial charge in [-0.15, -0.1) is 0 Å². The maximum atomic E-state index is 12.2. The first-order chi connectivity index (χ1) is 15.5. The Balaban J connectivity index is 1.76. The van der Waals surface area contributed by atoms with Crippen molar-refractivity contribution in [3.05, 3.63) is 102 Å². The minimum atomic E-state index is -0.413. The summed E-state index contributed by atoms with van der Waals surface area (Å²) in [5, 5.41) is 1.93. The second-order valence-corrected chi connectivity index (χ2v) is 8.10. The molecule has 158 valence electrons. The van der Waals surface area contributed by atoms with Crippen LogP contribution in [0, 0.1) is 6.92 Å². The average Bonchev–Trinajstić information content (AvgIpc) is 3.12. The fourth-order valence-electron chi connectivity index (χ4n) is 4.48. The zero-order valence-electron chi connectivity index (χ0n) is 18.1. The van der Waals surface area contributed by atoms with Gasteiger partial charge in [-0.1, -0.05) is 60.2 Å². The molecule has 0 saturated carbocycles. The summed E-state index contributed by atoms with van der Waals surface area (Å²) < 4.78 is 7.57. The van der Waals surface area contributed by atoms with Crippen molar-refractivity contribution in [1.29, 1.82) is 0 Å². The summed E-state index contributed by atoms with van der Waals surface area (Å²) in [7, 11) is 1.67. The van der Waals surface area contributed by atoms with Gasteiger partial charge in [0.1, 0.15) is 5.75 Å². The van der Waals surface area contributed by atoms with Crippen LogP contribution in [0.4, 0.5) is 0 Å². The number of nitrogens with two attached hydrogens (primary N) is 1. The van der Waals surface area contributed by atoms with Gasteiger partial charge in [0.2, 0.25) is 5.91 Å². The molecule has 4 nitrogen and oxygen atoms in total. The number of benzene rings is 4. The van der Waals surface area contributed by atoms with Crippen LogP contribution in [0.15, 0.2) is 84.9 Å². The van der Waals surface area contributed by atoms with E-state index in [2.05, 4.69) is 72.2 Å². The van der Waals surface area contributed by atoms with Gasteiger partial charge in [-0.05, 0) is 53.9 Å². The lowest BCUT2D eigenvalue weighted by molar-refractivity contribution is 0.100. The van der Waals surface area contributed by atoms with Crippen LogP contribution < -0.4 is 10.5 Å². The van der Waals surface area contributed by atoms with Gasteiger partial charge in [-0.3, -0.25) is 4.79 Å². The third-order valence-corrected chi connectivity index (χ3v) is 6.00. The molecule has 4 heteroatoms. The number of hydrogen-bond acceptors (Lipinski definition) is 2. The lowest BCUT2D eigenvalue weighted by Crippen LogP contribution is -2.11. The van der Waals surface area contributed by atoms with Gasteiger partial charge in [-0.25, -0.2) is 0 Å². The zero-order chi connectivity index (χ0) is 22.2. The second-order valence-electron chi connectivity index (χ2n) is 8.10. The number of amides is 1. The topological polar surface area (TPSA) is 57.2 Å². The minimum absolute atomic E-state index is 0.413. The van der Waals surface area contributed by atoms with E-state index in [1.165, 1.54) is 11.1 Å². The number of carbonyl (C=O) groups is 1. The number of rotatable bonds is 5. The highest BCUT2D eigenvalue weighted by atomic mass is 16.5. The highest BCUT2D eigenvalue weighted by Crippen LogP contribution is 2.35. The standard InChI is InChI=1S/C28H24N2O2/c1-18-5-3-6-19(15-18)17-30-25-8-4-7-24(28(29)31)27(25)23-14-11-21(16-26(23)30)20-9-12-22(32-2)13-10-20/h3-16H,17H2,1-2H3,(H2,29,31). The molecule has 5 rings (SSSR count). The number of aromatic nitrogens is 1. The predicted molar refractivity (Wildman–Crippen MR) is 130 cm³/mol. The molecular weight excluding hydrogens is 396 g/mol. The Morgan fingerprint density at radius 2 is 1.62 bits per heavy atom. The predicted octanol–water partition coefficient (Wildman–Crippen LogP) is 5.93. The Hall–Kier alpha value is -4.05. The van der Waals surface area contributed by atoms with Crippen LogP contribution in [0.5, 0.6) is 5.75 Å². The van der Waals surface area contributed by atoms with Crippen molar-refractivity contribution < 1.29 is 9.53 Å². The summed E-state index contributed by atoms with van der Waals surface area (Å²) in [4.78, 5) is 12.2. The van der Waals surface area contributed by atoms with Crippen LogP contribution in [0.3, 0.4) is 0 Å². The first kappa shape index (κ1) is 19.9. The lowest BCUT2D eigenvalue weighted by atomic mass is 10.0. The van der Waals surface area contributed by atoms with Gasteiger partial charge in [-0.2, -0.15) is 0 Å². The molecule has 0 aliphatic carbocycles. The van der Waals surface area contributed by atoms with Crippen LogP contribution in [0.2, 0.25) is 0 Å². The minimum Gasteiger partial charge on any atom is -0.497 e. The van der Waals surface area contributed by atoms with Crippen LogP contribution in [0.1, 0.15) is 21.5 Å². The van der Waals surface area contributed by atoms with Crippen molar-refractivity contribution in [3.63, 3.8) is 0 Å². The molecule has 0 aliphatic rings. The Morgan fingerprint density at radius 3 is 2.34 bits per heavy atom. The third-order valence-electron chi connectivity index (χ3n) is 6.00. The first-order valence-corrected chi connectivity index (χ1v) is 10.6. The van der Waals surface area contributed by atoms with E-state index in [9.17, 15) is 4.79 Å². The summed E-state index contributed by atoms with van der Waals surface area (Å²) in [6.07, 6.45) is 0. The fourth-order valence-corrected chi connectivity index (χ4v) is 4.48. The Bertz CT molecular complexity index is 1460. The van der Waals surface area contributed by atoms with Crippen molar-refractivity contribution >= 4 is 27.7 Å². The largest absolute Gasteiger partial charge is 0.497 e. The molecule has 0 unspecified atom stereocenters. The lowest BCUT2D eigenvalue weighted by Gasteiger charge is -2.10. The second kappa shape index (κ2) is 7.89. The number of methoxy groups -OCH3 is 1. The van der Waals surface area contributed by atoms with E-state index in [0.717, 1.165) is 38.7 Å². The number of nitrogens with zero attached hydrogens (tertiary/aromatic N) is 1. The van der Waals surface area contributed by atoms with E-state index >= 15 is 0 Å². The molecule has 1 heterocycles. The molecule has 2 N–H and O–H groups in total. The van der Waals surface area contributed by atoms with Crippen molar-refractivity contribution in [3.8, 4) is 16.9 Å². The Kier molecular flexibility index (Phi) is 4.91. The van der Waals surface area contributed by atoms with Crippen molar-refractivity contribution in [1.82, 2.24) is 4.57 Å².